The molecule has 2 aliphatic rings. The lowest BCUT2D eigenvalue weighted by atomic mass is 10.0. The summed E-state index contributed by atoms with van der Waals surface area (Å²) in [6.45, 7) is 3.10. The van der Waals surface area contributed by atoms with Crippen molar-refractivity contribution in [1.29, 1.82) is 0 Å². The third-order valence-electron chi connectivity index (χ3n) is 5.21. The van der Waals surface area contributed by atoms with Crippen molar-refractivity contribution in [2.24, 2.45) is 0 Å². The molecule has 6 heteroatoms. The first-order chi connectivity index (χ1) is 13.1. The number of hydrogen-bond donors (Lipinski definition) is 0. The van der Waals surface area contributed by atoms with E-state index in [0.29, 0.717) is 51.1 Å². The van der Waals surface area contributed by atoms with Gasteiger partial charge in [-0.2, -0.15) is 0 Å². The van der Waals surface area contributed by atoms with Crippen LogP contribution in [-0.4, -0.2) is 52.9 Å². The van der Waals surface area contributed by atoms with Crippen molar-refractivity contribution in [2.75, 3.05) is 26.2 Å². The van der Waals surface area contributed by atoms with Gasteiger partial charge in [0.25, 0.3) is 0 Å². The second-order valence-electron chi connectivity index (χ2n) is 7.00. The Hall–Kier alpha value is -2.57. The van der Waals surface area contributed by atoms with E-state index in [2.05, 4.69) is 4.90 Å². The van der Waals surface area contributed by atoms with E-state index in [1.54, 1.807) is 6.07 Å². The van der Waals surface area contributed by atoms with Gasteiger partial charge in [-0.05, 0) is 17.2 Å². The molecule has 2 saturated heterocycles. The van der Waals surface area contributed by atoms with Gasteiger partial charge in [-0.15, -0.1) is 0 Å². The van der Waals surface area contributed by atoms with Gasteiger partial charge in [0.2, 0.25) is 11.8 Å². The minimum atomic E-state index is -0.205. The number of carbonyl (C=O) groups excluding carboxylic acids is 2. The maximum absolute atomic E-state index is 14.6. The van der Waals surface area contributed by atoms with Crippen molar-refractivity contribution in [1.82, 2.24) is 14.9 Å². The second-order valence-corrected chi connectivity index (χ2v) is 7.00. The number of rotatable bonds is 4. The summed E-state index contributed by atoms with van der Waals surface area (Å²) in [6.07, 6.45) is 0.607. The van der Waals surface area contributed by atoms with Crippen LogP contribution in [0, 0.1) is 5.82 Å². The highest BCUT2D eigenvalue weighted by Crippen LogP contribution is 2.23. The number of hydrazine groups is 1. The lowest BCUT2D eigenvalue weighted by Crippen LogP contribution is -2.55. The lowest BCUT2D eigenvalue weighted by Gasteiger charge is -2.38. The molecule has 0 aliphatic carbocycles. The quantitative estimate of drug-likeness (QED) is 0.780. The Labute approximate surface area is 157 Å². The van der Waals surface area contributed by atoms with Crippen LogP contribution < -0.4 is 0 Å². The average Bonchev–Trinajstić information content (AvgIpc) is 3.03. The largest absolute Gasteiger partial charge is 0.296 e. The molecule has 2 aromatic rings. The first kappa shape index (κ1) is 17.8. The van der Waals surface area contributed by atoms with Crippen molar-refractivity contribution in [3.8, 4) is 11.1 Å². The van der Waals surface area contributed by atoms with Crippen molar-refractivity contribution < 1.29 is 14.0 Å². The molecule has 5 nitrogen and oxygen atoms in total. The molecular weight excluding hydrogens is 345 g/mol. The van der Waals surface area contributed by atoms with Crippen LogP contribution in [0.5, 0.6) is 0 Å². The molecule has 4 rings (SSSR count). The maximum atomic E-state index is 14.6. The zero-order valence-corrected chi connectivity index (χ0v) is 15.1. The molecule has 2 aromatic carbocycles. The van der Waals surface area contributed by atoms with E-state index < -0.39 is 0 Å². The van der Waals surface area contributed by atoms with Crippen LogP contribution >= 0.6 is 0 Å². The van der Waals surface area contributed by atoms with Crippen LogP contribution in [0.3, 0.4) is 0 Å². The Morgan fingerprint density at radius 3 is 2.11 bits per heavy atom. The topological polar surface area (TPSA) is 43.9 Å². The Morgan fingerprint density at radius 2 is 1.48 bits per heavy atom. The lowest BCUT2D eigenvalue weighted by molar-refractivity contribution is -0.160. The number of benzene rings is 2. The van der Waals surface area contributed by atoms with Crippen LogP contribution in [0.4, 0.5) is 4.39 Å². The van der Waals surface area contributed by atoms with Gasteiger partial charge < -0.3 is 0 Å². The summed E-state index contributed by atoms with van der Waals surface area (Å²) in [5.41, 5.74) is 2.53. The zero-order chi connectivity index (χ0) is 18.8. The summed E-state index contributed by atoms with van der Waals surface area (Å²) < 4.78 is 14.6. The third kappa shape index (κ3) is 3.77. The van der Waals surface area contributed by atoms with Crippen LogP contribution in [0.1, 0.15) is 18.4 Å². The standard InChI is InChI=1S/C21H22FN3O2/c22-19-14-17(16-4-2-1-3-5-16)6-7-18(19)15-23-10-12-24(13-11-23)25-20(26)8-9-21(25)27/h1-7,14H,8-13,15H2. The molecular formula is C21H22FN3O2. The summed E-state index contributed by atoms with van der Waals surface area (Å²) in [6, 6.07) is 15.1. The summed E-state index contributed by atoms with van der Waals surface area (Å²) in [7, 11) is 0. The molecule has 0 saturated carbocycles. The molecule has 2 amide bonds. The van der Waals surface area contributed by atoms with Gasteiger partial charge in [0.1, 0.15) is 5.82 Å². The number of piperazine rings is 1. The third-order valence-corrected chi connectivity index (χ3v) is 5.21. The van der Waals surface area contributed by atoms with Gasteiger partial charge >= 0.3 is 0 Å². The van der Waals surface area contributed by atoms with Gasteiger partial charge in [0.15, 0.2) is 0 Å². The number of imide groups is 1. The normalized spacial score (nSPS) is 19.1. The fourth-order valence-electron chi connectivity index (χ4n) is 3.70. The molecule has 0 atom stereocenters. The molecule has 0 radical (unpaired) electrons. The highest BCUT2D eigenvalue weighted by atomic mass is 19.1. The van der Waals surface area contributed by atoms with Crippen molar-refractivity contribution in [3.63, 3.8) is 0 Å². The molecule has 0 N–H and O–H groups in total. The number of carbonyl (C=O) groups is 2. The molecule has 2 aliphatic heterocycles. The van der Waals surface area contributed by atoms with Crippen molar-refractivity contribution >= 4 is 11.8 Å². The van der Waals surface area contributed by atoms with Crippen LogP contribution in [0.25, 0.3) is 11.1 Å². The molecule has 0 unspecified atom stereocenters. The van der Waals surface area contributed by atoms with Gasteiger partial charge in [-0.1, -0.05) is 42.5 Å². The zero-order valence-electron chi connectivity index (χ0n) is 15.1. The first-order valence-corrected chi connectivity index (χ1v) is 9.28. The number of hydrogen-bond acceptors (Lipinski definition) is 4. The summed E-state index contributed by atoms with van der Waals surface area (Å²) in [4.78, 5) is 25.9. The van der Waals surface area contributed by atoms with E-state index in [4.69, 9.17) is 0 Å². The Balaban J connectivity index is 1.38. The summed E-state index contributed by atoms with van der Waals surface area (Å²) >= 11 is 0. The maximum Gasteiger partial charge on any atom is 0.244 e. The van der Waals surface area contributed by atoms with E-state index in [1.165, 1.54) is 5.01 Å². The van der Waals surface area contributed by atoms with Gasteiger partial charge in [-0.3, -0.25) is 14.5 Å². The minimum Gasteiger partial charge on any atom is -0.296 e. The van der Waals surface area contributed by atoms with Crippen LogP contribution in [0.2, 0.25) is 0 Å². The molecule has 27 heavy (non-hydrogen) atoms. The predicted molar refractivity (Wildman–Crippen MR) is 99.8 cm³/mol. The Bertz CT molecular complexity index is 832. The number of halogens is 1. The molecule has 2 heterocycles. The summed E-state index contributed by atoms with van der Waals surface area (Å²) in [5, 5.41) is 3.12. The molecule has 2 fully saturated rings. The molecule has 0 aromatic heterocycles. The highest BCUT2D eigenvalue weighted by molar-refractivity contribution is 6.01. The van der Waals surface area contributed by atoms with E-state index in [0.717, 1.165) is 11.1 Å². The van der Waals surface area contributed by atoms with Gasteiger partial charge in [0, 0.05) is 51.1 Å². The van der Waals surface area contributed by atoms with Crippen molar-refractivity contribution in [2.45, 2.75) is 19.4 Å². The molecule has 0 bridgehead atoms. The second kappa shape index (κ2) is 7.58. The van der Waals surface area contributed by atoms with E-state index in [1.807, 2.05) is 47.5 Å². The predicted octanol–water partition coefficient (Wildman–Crippen LogP) is 2.67. The molecule has 140 valence electrons. The Kier molecular flexibility index (Phi) is 5.01. The Morgan fingerprint density at radius 1 is 0.815 bits per heavy atom. The minimum absolute atomic E-state index is 0.115. The highest BCUT2D eigenvalue weighted by Gasteiger charge is 2.35. The monoisotopic (exact) mass is 367 g/mol. The fourth-order valence-corrected chi connectivity index (χ4v) is 3.70. The smallest absolute Gasteiger partial charge is 0.244 e. The van der Waals surface area contributed by atoms with E-state index in [9.17, 15) is 14.0 Å². The van der Waals surface area contributed by atoms with Crippen LogP contribution in [0.15, 0.2) is 48.5 Å². The van der Waals surface area contributed by atoms with E-state index in [-0.39, 0.29) is 17.6 Å². The average molecular weight is 367 g/mol. The van der Waals surface area contributed by atoms with Gasteiger partial charge in [0.05, 0.1) is 0 Å². The fraction of sp³-hybridized carbons (Fsp3) is 0.333. The van der Waals surface area contributed by atoms with Crippen LogP contribution in [-0.2, 0) is 16.1 Å². The number of amides is 2. The molecule has 0 spiro atoms. The first-order valence-electron chi connectivity index (χ1n) is 9.28. The summed E-state index contributed by atoms with van der Waals surface area (Å²) in [5.74, 6) is -0.435. The SMILES string of the molecule is O=C1CCC(=O)N1N1CCN(Cc2ccc(-c3ccccc3)cc2F)CC1. The van der Waals surface area contributed by atoms with Crippen molar-refractivity contribution in [3.05, 3.63) is 59.9 Å². The van der Waals surface area contributed by atoms with Gasteiger partial charge in [-0.25, -0.2) is 14.4 Å². The van der Waals surface area contributed by atoms with E-state index >= 15 is 0 Å². The number of nitrogens with zero attached hydrogens (tertiary/aromatic N) is 3.